The van der Waals surface area contributed by atoms with Crippen molar-refractivity contribution in [2.24, 2.45) is 29.6 Å². The normalized spacial score (nSPS) is 22.2. The van der Waals surface area contributed by atoms with Crippen molar-refractivity contribution in [1.82, 2.24) is 46.2 Å². The quantitative estimate of drug-likeness (QED) is 0.0265. The van der Waals surface area contributed by atoms with E-state index in [0.717, 1.165) is 0 Å². The molecule has 2 heterocycles. The van der Waals surface area contributed by atoms with Crippen LogP contribution in [0.5, 0.6) is 0 Å². The minimum absolute atomic E-state index is 0.0477. The summed E-state index contributed by atoms with van der Waals surface area (Å²) < 4.78 is 18.0. The van der Waals surface area contributed by atoms with Crippen LogP contribution in [-0.2, 0) is 57.4 Å². The van der Waals surface area contributed by atoms with E-state index in [0.29, 0.717) is 82.9 Å². The highest BCUT2D eigenvalue weighted by molar-refractivity contribution is 6.03. The number of nitrogens with zero attached hydrogens (tertiary/aromatic N) is 4. The highest BCUT2D eigenvalue weighted by atomic mass is 16.6. The zero-order chi connectivity index (χ0) is 67.9. The molecule has 91 heavy (non-hydrogen) atoms. The number of hydrogen-bond acceptors (Lipinski definition) is 15. The van der Waals surface area contributed by atoms with Gasteiger partial charge in [-0.3, -0.25) is 53.0 Å². The van der Waals surface area contributed by atoms with Crippen LogP contribution in [0, 0.1) is 29.6 Å². The number of aliphatic hydroxyl groups is 2. The van der Waals surface area contributed by atoms with E-state index in [4.69, 9.17) is 14.2 Å². The molecule has 1 aromatic rings. The number of methoxy groups -OCH3 is 2. The Kier molecular flexibility index (Phi) is 31.5. The number of likely N-dealkylation sites (tertiary alicyclic amines) is 2. The Morgan fingerprint density at radius 1 is 0.813 bits per heavy atom. The summed E-state index contributed by atoms with van der Waals surface area (Å²) in [6.07, 6.45) is 4.93. The lowest BCUT2D eigenvalue weighted by Gasteiger charge is -2.41. The predicted molar refractivity (Wildman–Crippen MR) is 343 cm³/mol. The zero-order valence-electron chi connectivity index (χ0n) is 56.6. The van der Waals surface area contributed by atoms with Crippen LogP contribution in [0.4, 0.5) is 4.79 Å². The molecule has 0 spiro atoms. The topological polar surface area (TPSA) is 312 Å². The van der Waals surface area contributed by atoms with E-state index >= 15 is 0 Å². The molecule has 3 aliphatic rings. The molecular weight excluding hydrogens is 1170 g/mol. The Labute approximate surface area is 539 Å². The van der Waals surface area contributed by atoms with Crippen molar-refractivity contribution in [1.29, 1.82) is 0 Å². The van der Waals surface area contributed by atoms with Crippen LogP contribution in [-0.4, -0.2) is 204 Å². The average molecular weight is 1280 g/mol. The third kappa shape index (κ3) is 21.8. The molecule has 10 amide bonds. The number of carbonyl (C=O) groups is 10. The Hall–Kier alpha value is -6.50. The van der Waals surface area contributed by atoms with Crippen molar-refractivity contribution in [2.45, 2.75) is 231 Å². The fourth-order valence-corrected chi connectivity index (χ4v) is 12.8. The van der Waals surface area contributed by atoms with Gasteiger partial charge in [0.1, 0.15) is 29.8 Å². The maximum Gasteiger partial charge on any atom is 0.410 e. The third-order valence-electron chi connectivity index (χ3n) is 18.5. The van der Waals surface area contributed by atoms with Gasteiger partial charge in [0.15, 0.2) is 0 Å². The standard InChI is InChI=1S/C67H109N9O15/c1-15-43(6)57(51(89-13)40-54(79)75-38-26-31-50(75)59(90-14)45(8)60(81)70-46(9)58(80)47-27-18-16-19-28-47)73(11)64(85)55(41(2)3)72-62(83)56(42(4)5)74(12)66(87)91-48-29-21-23-34-67(88,35-33-48)65(86)69-36-24-22-30-49(61(82)68-10)71-52(77)32-20-17-25-37-76-53(78)39-44(7)63(76)84/h16,18-19,21,27-29,41-46,48-51,55-59,80,88H,15,17,20,22-26,30-40H2,1-14H3,(H,68,82)(H,69,86)(H,70,81)(H,71,77)(H,72,83)/b29-21+/t43-,44?,45+,46+,48-,49?,50-,51+,55-,56-,57-,58+,59+,67-/m0/s1. The third-order valence-corrected chi connectivity index (χ3v) is 18.5. The Morgan fingerprint density at radius 2 is 1.51 bits per heavy atom. The SMILES string of the molecule is CC[C@H](C)[C@@H]([C@@H](CC(=O)N1CCC[C@H]1[C@H](OC)[C@@H](C)C(=O)N[C@H](C)[C@@H](O)c1ccccc1)OC)N(C)C(=O)[C@@H](NC(=O)[C@H](C(C)C)N(C)C(=O)O[C@H]1/C=C/CC[C@@](O)(C(=O)NCCCCC(NC(=O)CCCCCN2C(=O)CC(C)C2=O)C(=O)NC)CC1)C(C)C. The van der Waals surface area contributed by atoms with Crippen LogP contribution in [0.15, 0.2) is 42.5 Å². The van der Waals surface area contributed by atoms with Crippen molar-refractivity contribution >= 4 is 59.3 Å². The van der Waals surface area contributed by atoms with Gasteiger partial charge in [0.25, 0.3) is 5.91 Å². The second-order valence-electron chi connectivity index (χ2n) is 26.0. The molecule has 2 saturated heterocycles. The number of allylic oxidation sites excluding steroid dienone is 1. The van der Waals surface area contributed by atoms with Crippen LogP contribution in [0.2, 0.25) is 0 Å². The van der Waals surface area contributed by atoms with Gasteiger partial charge in [-0.25, -0.2) is 4.79 Å². The summed E-state index contributed by atoms with van der Waals surface area (Å²) in [5.41, 5.74) is -1.13. The first-order valence-corrected chi connectivity index (χ1v) is 33.0. The number of nitrogens with one attached hydrogen (secondary N) is 5. The molecule has 14 atom stereocenters. The molecular formula is C67H109N9O15. The molecule has 512 valence electrons. The first-order chi connectivity index (χ1) is 43.1. The van der Waals surface area contributed by atoms with Crippen molar-refractivity contribution in [2.75, 3.05) is 55.0 Å². The number of carbonyl (C=O) groups excluding carboxylic acids is 10. The Balaban J connectivity index is 1.31. The number of aliphatic hydroxyl groups excluding tert-OH is 1. The number of amides is 10. The second-order valence-corrected chi connectivity index (χ2v) is 26.0. The minimum atomic E-state index is -1.80. The van der Waals surface area contributed by atoms with Gasteiger partial charge in [0.2, 0.25) is 47.3 Å². The number of likely N-dealkylation sites (N-methyl/N-ethyl adjacent to an activating group) is 3. The number of benzene rings is 1. The lowest BCUT2D eigenvalue weighted by atomic mass is 9.87. The molecule has 2 fully saturated rings. The number of imide groups is 1. The lowest BCUT2D eigenvalue weighted by Crippen LogP contribution is -2.60. The van der Waals surface area contributed by atoms with Crippen molar-refractivity contribution in [3.63, 3.8) is 0 Å². The van der Waals surface area contributed by atoms with Crippen LogP contribution in [0.3, 0.4) is 0 Å². The molecule has 7 N–H and O–H groups in total. The van der Waals surface area contributed by atoms with Crippen molar-refractivity contribution in [3.05, 3.63) is 48.0 Å². The molecule has 2 aliphatic heterocycles. The van der Waals surface area contributed by atoms with Crippen LogP contribution in [0.1, 0.15) is 177 Å². The van der Waals surface area contributed by atoms with Gasteiger partial charge in [-0.15, -0.1) is 0 Å². The lowest BCUT2D eigenvalue weighted by molar-refractivity contribution is -0.148. The molecule has 0 aromatic heterocycles. The second kappa shape index (κ2) is 37.3. The molecule has 0 bridgehead atoms. The van der Waals surface area contributed by atoms with Crippen molar-refractivity contribution < 1.29 is 72.4 Å². The smallest absolute Gasteiger partial charge is 0.410 e. The summed E-state index contributed by atoms with van der Waals surface area (Å²) in [6.45, 7) is 17.3. The molecule has 4 rings (SSSR count). The van der Waals surface area contributed by atoms with Crippen LogP contribution in [0.25, 0.3) is 0 Å². The predicted octanol–water partition coefficient (Wildman–Crippen LogP) is 5.08. The molecule has 0 saturated carbocycles. The maximum atomic E-state index is 14.8. The van der Waals surface area contributed by atoms with Gasteiger partial charge in [-0.2, -0.15) is 0 Å². The van der Waals surface area contributed by atoms with Gasteiger partial charge in [0, 0.05) is 73.8 Å². The van der Waals surface area contributed by atoms with Crippen molar-refractivity contribution in [3.8, 4) is 0 Å². The van der Waals surface area contributed by atoms with Gasteiger partial charge in [0.05, 0.1) is 48.8 Å². The van der Waals surface area contributed by atoms with E-state index in [1.54, 1.807) is 89.6 Å². The fourth-order valence-electron chi connectivity index (χ4n) is 12.8. The minimum Gasteiger partial charge on any atom is -0.442 e. The van der Waals surface area contributed by atoms with E-state index < -0.39 is 108 Å². The molecule has 24 nitrogen and oxygen atoms in total. The van der Waals surface area contributed by atoms with Gasteiger partial charge < -0.3 is 60.8 Å². The molecule has 1 aromatic carbocycles. The van der Waals surface area contributed by atoms with E-state index in [1.165, 1.54) is 38.1 Å². The molecule has 0 radical (unpaired) electrons. The van der Waals surface area contributed by atoms with Crippen LogP contribution < -0.4 is 26.6 Å². The van der Waals surface area contributed by atoms with E-state index in [-0.39, 0.29) is 92.3 Å². The number of rotatable bonds is 35. The Morgan fingerprint density at radius 3 is 2.11 bits per heavy atom. The molecule has 1 aliphatic carbocycles. The van der Waals surface area contributed by atoms with Gasteiger partial charge in [-0.1, -0.05) is 105 Å². The number of hydrogen-bond donors (Lipinski definition) is 7. The Bertz CT molecular complexity index is 2610. The first kappa shape index (κ1) is 77.0. The monoisotopic (exact) mass is 1280 g/mol. The largest absolute Gasteiger partial charge is 0.442 e. The first-order valence-electron chi connectivity index (χ1n) is 33.0. The van der Waals surface area contributed by atoms with Gasteiger partial charge >= 0.3 is 6.09 Å². The molecule has 24 heteroatoms. The maximum absolute atomic E-state index is 14.8. The fraction of sp³-hybridized carbons (Fsp3) is 0.731. The highest BCUT2D eigenvalue weighted by Gasteiger charge is 2.45. The number of unbranched alkanes of at least 4 members (excludes halogenated alkanes) is 3. The average Bonchev–Trinajstić information content (AvgIpc) is 1.99. The zero-order valence-corrected chi connectivity index (χ0v) is 56.6. The molecule has 2 unspecified atom stereocenters. The summed E-state index contributed by atoms with van der Waals surface area (Å²) in [5, 5.41) is 36.7. The van der Waals surface area contributed by atoms with Crippen LogP contribution >= 0.6 is 0 Å². The van der Waals surface area contributed by atoms with E-state index in [1.807, 2.05) is 32.0 Å². The van der Waals surface area contributed by atoms with E-state index in [9.17, 15) is 58.2 Å². The van der Waals surface area contributed by atoms with Gasteiger partial charge in [-0.05, 0) is 107 Å². The number of ether oxygens (including phenoxy) is 3. The van der Waals surface area contributed by atoms with E-state index in [2.05, 4.69) is 26.6 Å². The summed E-state index contributed by atoms with van der Waals surface area (Å²) in [4.78, 5) is 140. The summed E-state index contributed by atoms with van der Waals surface area (Å²) in [6, 6.07) is 4.45. The highest BCUT2D eigenvalue weighted by Crippen LogP contribution is 2.31. The summed E-state index contributed by atoms with van der Waals surface area (Å²) in [7, 11) is 7.58. The summed E-state index contributed by atoms with van der Waals surface area (Å²) >= 11 is 0. The summed E-state index contributed by atoms with van der Waals surface area (Å²) in [5.74, 6) is -5.19.